The smallest absolute Gasteiger partial charge is 0.304 e. The molecule has 24 heavy (non-hydrogen) atoms. The van der Waals surface area contributed by atoms with Crippen molar-refractivity contribution in [3.05, 3.63) is 35.4 Å². The number of fused-ring (bicyclic) bond motifs is 1. The Hall–Kier alpha value is -2.25. The Balaban J connectivity index is 1.80. The van der Waals surface area contributed by atoms with Gasteiger partial charge in [-0.2, -0.15) is 0 Å². The van der Waals surface area contributed by atoms with Crippen LogP contribution in [0.5, 0.6) is 0 Å². The first-order valence-corrected chi connectivity index (χ1v) is 8.04. The number of imide groups is 1. The van der Waals surface area contributed by atoms with Crippen molar-refractivity contribution in [1.82, 2.24) is 9.80 Å². The van der Waals surface area contributed by atoms with E-state index in [2.05, 4.69) is 4.90 Å². The van der Waals surface area contributed by atoms with Crippen LogP contribution in [0.1, 0.15) is 28.3 Å². The van der Waals surface area contributed by atoms with Gasteiger partial charge in [-0.05, 0) is 11.6 Å². The summed E-state index contributed by atoms with van der Waals surface area (Å²) in [6.45, 7) is 3.67. The van der Waals surface area contributed by atoms with E-state index >= 15 is 0 Å². The molecule has 1 atom stereocenters. The number of benzene rings is 1. The number of carboxylic acids is 1. The molecule has 1 saturated heterocycles. The monoisotopic (exact) mass is 332 g/mol. The second kappa shape index (κ2) is 7.11. The highest BCUT2D eigenvalue weighted by Crippen LogP contribution is 2.31. The van der Waals surface area contributed by atoms with E-state index in [0.29, 0.717) is 30.9 Å². The highest BCUT2D eigenvalue weighted by molar-refractivity contribution is 6.12. The molecule has 0 aliphatic carbocycles. The summed E-state index contributed by atoms with van der Waals surface area (Å²) in [5.41, 5.74) is 0.933. The van der Waals surface area contributed by atoms with E-state index in [4.69, 9.17) is 9.84 Å². The Labute approximate surface area is 139 Å². The maximum Gasteiger partial charge on any atom is 0.304 e. The zero-order chi connectivity index (χ0) is 17.1. The van der Waals surface area contributed by atoms with Crippen LogP contribution in [0.4, 0.5) is 0 Å². The largest absolute Gasteiger partial charge is 0.481 e. The average molecular weight is 332 g/mol. The molecule has 7 heteroatoms. The van der Waals surface area contributed by atoms with Crippen molar-refractivity contribution in [2.45, 2.75) is 12.3 Å². The summed E-state index contributed by atoms with van der Waals surface area (Å²) in [4.78, 5) is 39.8. The van der Waals surface area contributed by atoms with Crippen molar-refractivity contribution in [1.29, 1.82) is 0 Å². The van der Waals surface area contributed by atoms with Crippen molar-refractivity contribution < 1.29 is 24.2 Å². The Kier molecular flexibility index (Phi) is 4.92. The van der Waals surface area contributed by atoms with Crippen LogP contribution in [0.2, 0.25) is 0 Å². The lowest BCUT2D eigenvalue weighted by Gasteiger charge is -2.34. The van der Waals surface area contributed by atoms with Gasteiger partial charge in [-0.3, -0.25) is 24.2 Å². The van der Waals surface area contributed by atoms with Gasteiger partial charge in [-0.15, -0.1) is 0 Å². The molecule has 2 aliphatic rings. The van der Waals surface area contributed by atoms with Crippen molar-refractivity contribution in [2.75, 3.05) is 39.4 Å². The quantitative estimate of drug-likeness (QED) is 0.793. The molecular formula is C17H20N2O5. The second-order valence-corrected chi connectivity index (χ2v) is 5.99. The zero-order valence-corrected chi connectivity index (χ0v) is 13.3. The molecule has 0 radical (unpaired) electrons. The number of carbonyl (C=O) groups excluding carboxylic acids is 2. The highest BCUT2D eigenvalue weighted by atomic mass is 16.5. The first kappa shape index (κ1) is 16.6. The first-order chi connectivity index (χ1) is 11.6. The lowest BCUT2D eigenvalue weighted by molar-refractivity contribution is -0.141. The van der Waals surface area contributed by atoms with Crippen LogP contribution in [0.25, 0.3) is 0 Å². The number of amides is 2. The Morgan fingerprint density at radius 3 is 2.58 bits per heavy atom. The third-order valence-electron chi connectivity index (χ3n) is 4.50. The van der Waals surface area contributed by atoms with Gasteiger partial charge in [0.05, 0.1) is 25.6 Å². The molecule has 1 aromatic carbocycles. The number of aliphatic carboxylic acids is 1. The van der Waals surface area contributed by atoms with Crippen LogP contribution in [-0.2, 0) is 14.3 Å². The maximum atomic E-state index is 12.7. The number of carbonyl (C=O) groups is 3. The third kappa shape index (κ3) is 3.32. The number of ether oxygens (including phenoxy) is 1. The Morgan fingerprint density at radius 1 is 1.17 bits per heavy atom. The van der Waals surface area contributed by atoms with Crippen molar-refractivity contribution in [3.63, 3.8) is 0 Å². The zero-order valence-electron chi connectivity index (χ0n) is 13.3. The van der Waals surface area contributed by atoms with Crippen LogP contribution in [0, 0.1) is 0 Å². The minimum Gasteiger partial charge on any atom is -0.481 e. The van der Waals surface area contributed by atoms with Gasteiger partial charge < -0.3 is 9.84 Å². The van der Waals surface area contributed by atoms with Crippen LogP contribution in [0.15, 0.2) is 24.3 Å². The van der Waals surface area contributed by atoms with Gasteiger partial charge in [0.1, 0.15) is 0 Å². The predicted molar refractivity (Wildman–Crippen MR) is 84.7 cm³/mol. The number of hydrogen-bond donors (Lipinski definition) is 1. The molecule has 2 amide bonds. The van der Waals surface area contributed by atoms with Crippen LogP contribution >= 0.6 is 0 Å². The third-order valence-corrected chi connectivity index (χ3v) is 4.50. The van der Waals surface area contributed by atoms with E-state index in [1.54, 1.807) is 24.3 Å². The van der Waals surface area contributed by atoms with Gasteiger partial charge in [-0.1, -0.05) is 18.2 Å². The lowest BCUT2D eigenvalue weighted by atomic mass is 9.86. The molecule has 1 unspecified atom stereocenters. The van der Waals surface area contributed by atoms with Crippen molar-refractivity contribution in [2.24, 2.45) is 0 Å². The van der Waals surface area contributed by atoms with E-state index in [1.807, 2.05) is 0 Å². The molecule has 1 fully saturated rings. The fraction of sp³-hybridized carbons (Fsp3) is 0.471. The van der Waals surface area contributed by atoms with E-state index in [0.717, 1.165) is 13.1 Å². The minimum atomic E-state index is -1.05. The molecule has 1 N–H and O–H groups in total. The normalized spacial score (nSPS) is 21.7. The molecule has 0 aromatic heterocycles. The van der Waals surface area contributed by atoms with E-state index in [1.165, 1.54) is 4.90 Å². The number of morpholine rings is 1. The molecule has 0 bridgehead atoms. The van der Waals surface area contributed by atoms with E-state index in [-0.39, 0.29) is 18.9 Å². The number of nitrogens with zero attached hydrogens (tertiary/aromatic N) is 2. The lowest BCUT2D eigenvalue weighted by Crippen LogP contribution is -2.49. The fourth-order valence-electron chi connectivity index (χ4n) is 3.21. The van der Waals surface area contributed by atoms with Gasteiger partial charge in [0.2, 0.25) is 5.91 Å². The summed E-state index contributed by atoms with van der Waals surface area (Å²) in [6, 6.07) is 6.76. The Morgan fingerprint density at radius 2 is 1.88 bits per heavy atom. The summed E-state index contributed by atoms with van der Waals surface area (Å²) in [7, 11) is 0. The average Bonchev–Trinajstić information content (AvgIpc) is 2.59. The summed E-state index contributed by atoms with van der Waals surface area (Å²) < 4.78 is 5.29. The van der Waals surface area contributed by atoms with E-state index < -0.39 is 17.8 Å². The Bertz CT molecular complexity index is 654. The molecule has 1 aromatic rings. The number of hydrogen-bond acceptors (Lipinski definition) is 5. The van der Waals surface area contributed by atoms with Crippen LogP contribution in [-0.4, -0.2) is 72.1 Å². The first-order valence-electron chi connectivity index (χ1n) is 8.04. The van der Waals surface area contributed by atoms with Gasteiger partial charge in [0.15, 0.2) is 0 Å². The van der Waals surface area contributed by atoms with Crippen molar-refractivity contribution >= 4 is 17.8 Å². The van der Waals surface area contributed by atoms with Gasteiger partial charge in [0.25, 0.3) is 5.91 Å². The minimum absolute atomic E-state index is 0.266. The molecule has 0 spiro atoms. The topological polar surface area (TPSA) is 87.2 Å². The second-order valence-electron chi connectivity index (χ2n) is 5.99. The van der Waals surface area contributed by atoms with Crippen LogP contribution < -0.4 is 0 Å². The fourth-order valence-corrected chi connectivity index (χ4v) is 3.21. The summed E-state index contributed by atoms with van der Waals surface area (Å²) in [5.74, 6) is -2.62. The molecule has 0 saturated carbocycles. The SMILES string of the molecule is O=C(O)CC1C(=O)N(CCN2CCOCC2)C(=O)c2ccccc21. The summed E-state index contributed by atoms with van der Waals surface area (Å²) >= 11 is 0. The number of carboxylic acid groups (broad SMARTS) is 1. The molecule has 7 nitrogen and oxygen atoms in total. The summed E-state index contributed by atoms with van der Waals surface area (Å²) in [5, 5.41) is 9.12. The summed E-state index contributed by atoms with van der Waals surface area (Å²) in [6.07, 6.45) is -0.308. The maximum absolute atomic E-state index is 12.7. The van der Waals surface area contributed by atoms with Gasteiger partial charge in [0, 0.05) is 31.7 Å². The van der Waals surface area contributed by atoms with Crippen molar-refractivity contribution in [3.8, 4) is 0 Å². The molecular weight excluding hydrogens is 312 g/mol. The van der Waals surface area contributed by atoms with Crippen LogP contribution in [0.3, 0.4) is 0 Å². The van der Waals surface area contributed by atoms with Gasteiger partial charge >= 0.3 is 5.97 Å². The standard InChI is InChI=1S/C17H20N2O5/c20-15(21)11-14-12-3-1-2-4-13(12)16(22)19(17(14)23)6-5-18-7-9-24-10-8-18/h1-4,14H,5-11H2,(H,20,21). The van der Waals surface area contributed by atoms with Gasteiger partial charge in [-0.25, -0.2) is 0 Å². The predicted octanol–water partition coefficient (Wildman–Crippen LogP) is 0.560. The van der Waals surface area contributed by atoms with E-state index in [9.17, 15) is 14.4 Å². The molecule has 2 aliphatic heterocycles. The molecule has 2 heterocycles. The molecule has 3 rings (SSSR count). The highest BCUT2D eigenvalue weighted by Gasteiger charge is 2.39. The molecule has 128 valence electrons. The number of rotatable bonds is 5.